The Kier molecular flexibility index (Phi) is 11.3. The molecule has 8 nitrogen and oxygen atoms in total. The van der Waals surface area contributed by atoms with Crippen molar-refractivity contribution in [2.24, 2.45) is 0 Å². The summed E-state index contributed by atoms with van der Waals surface area (Å²) in [4.78, 5) is 13.4. The predicted octanol–water partition coefficient (Wildman–Crippen LogP) is 5.85. The smallest absolute Gasteiger partial charge is 0.188 e. The van der Waals surface area contributed by atoms with Crippen LogP contribution in [-0.2, 0) is 20.6 Å². The van der Waals surface area contributed by atoms with Crippen molar-refractivity contribution in [2.75, 3.05) is 41.7 Å². The number of unbranched alkanes of at least 4 members (excludes halogenated alkanes) is 4. The number of rotatable bonds is 16. The van der Waals surface area contributed by atoms with Gasteiger partial charge < -0.3 is 33.2 Å². The van der Waals surface area contributed by atoms with Crippen LogP contribution < -0.4 is 18.9 Å². The average Bonchev–Trinajstić information content (AvgIpc) is 2.90. The highest BCUT2D eigenvalue weighted by molar-refractivity contribution is 6.03. The standard InChI is InChI=1S/C28H38O8/c1-5-6-7-8-9-10-22-25(34-18-31-3)16-26(35-19-32-4)27-23(29)15-24(36-28(22)27)20-11-13-21(14-12-20)33-17-30-2/h11-14,16,24H,5-10,15,17-19H2,1-4H3. The molecule has 0 N–H and O–H groups in total. The van der Waals surface area contributed by atoms with Crippen molar-refractivity contribution in [2.45, 2.75) is 58.0 Å². The lowest BCUT2D eigenvalue weighted by atomic mass is 9.91. The van der Waals surface area contributed by atoms with Crippen LogP contribution in [0.25, 0.3) is 0 Å². The zero-order valence-corrected chi connectivity index (χ0v) is 21.8. The number of ketones is 1. The van der Waals surface area contributed by atoms with E-state index in [4.69, 9.17) is 33.2 Å². The fourth-order valence-electron chi connectivity index (χ4n) is 4.22. The van der Waals surface area contributed by atoms with Crippen molar-refractivity contribution in [1.29, 1.82) is 0 Å². The molecule has 0 aliphatic carbocycles. The molecule has 3 rings (SSSR count). The molecule has 0 radical (unpaired) electrons. The second-order valence-corrected chi connectivity index (χ2v) is 8.68. The lowest BCUT2D eigenvalue weighted by molar-refractivity contribution is 0.0433. The summed E-state index contributed by atoms with van der Waals surface area (Å²) in [5.41, 5.74) is 2.19. The quantitative estimate of drug-likeness (QED) is 0.209. The molecule has 0 amide bonds. The van der Waals surface area contributed by atoms with Crippen molar-refractivity contribution in [1.82, 2.24) is 0 Å². The van der Waals surface area contributed by atoms with Crippen LogP contribution in [0, 0.1) is 0 Å². The third-order valence-corrected chi connectivity index (χ3v) is 6.01. The topological polar surface area (TPSA) is 81.7 Å². The lowest BCUT2D eigenvalue weighted by Gasteiger charge is -2.30. The third-order valence-electron chi connectivity index (χ3n) is 6.01. The fraction of sp³-hybridized carbons (Fsp3) is 0.536. The van der Waals surface area contributed by atoms with E-state index in [1.165, 1.54) is 26.4 Å². The Hall–Kier alpha value is -2.81. The van der Waals surface area contributed by atoms with Gasteiger partial charge in [-0.25, -0.2) is 0 Å². The minimum absolute atomic E-state index is 0.00612. The van der Waals surface area contributed by atoms with Gasteiger partial charge in [-0.3, -0.25) is 4.79 Å². The Balaban J connectivity index is 1.96. The van der Waals surface area contributed by atoms with Crippen LogP contribution in [0.15, 0.2) is 30.3 Å². The molecular formula is C28H38O8. The molecule has 0 aromatic heterocycles. The van der Waals surface area contributed by atoms with E-state index in [0.29, 0.717) is 28.6 Å². The molecule has 0 fully saturated rings. The van der Waals surface area contributed by atoms with Crippen molar-refractivity contribution in [3.63, 3.8) is 0 Å². The molecule has 0 saturated carbocycles. The number of Topliss-reactive ketones (excluding diaryl/α,β-unsaturated/α-hetero) is 1. The van der Waals surface area contributed by atoms with E-state index in [1.54, 1.807) is 20.3 Å². The molecule has 2 aromatic rings. The number of carbonyl (C=O) groups excluding carboxylic acids is 1. The molecule has 1 atom stereocenters. The number of methoxy groups -OCH3 is 3. The maximum absolute atomic E-state index is 13.4. The van der Waals surface area contributed by atoms with Gasteiger partial charge in [-0.15, -0.1) is 0 Å². The predicted molar refractivity (Wildman–Crippen MR) is 135 cm³/mol. The highest BCUT2D eigenvalue weighted by Crippen LogP contribution is 2.46. The van der Waals surface area contributed by atoms with E-state index in [9.17, 15) is 4.79 Å². The molecule has 1 unspecified atom stereocenters. The molecule has 1 aliphatic heterocycles. The molecule has 1 heterocycles. The van der Waals surface area contributed by atoms with Crippen molar-refractivity contribution in [3.8, 4) is 23.0 Å². The Bertz CT molecular complexity index is 957. The maximum atomic E-state index is 13.4. The van der Waals surface area contributed by atoms with Gasteiger partial charge in [0.2, 0.25) is 0 Å². The normalized spacial score (nSPS) is 14.8. The van der Waals surface area contributed by atoms with E-state index in [-0.39, 0.29) is 32.6 Å². The van der Waals surface area contributed by atoms with Gasteiger partial charge in [0.05, 0.1) is 6.42 Å². The van der Waals surface area contributed by atoms with Gasteiger partial charge in [0.1, 0.15) is 34.7 Å². The number of hydrogen-bond donors (Lipinski definition) is 0. The second kappa shape index (κ2) is 14.7. The van der Waals surface area contributed by atoms with Gasteiger partial charge in [0.15, 0.2) is 26.2 Å². The highest BCUT2D eigenvalue weighted by atomic mass is 16.7. The summed E-state index contributed by atoms with van der Waals surface area (Å²) in [6.45, 7) is 2.45. The molecule has 8 heteroatoms. The summed E-state index contributed by atoms with van der Waals surface area (Å²) in [7, 11) is 4.68. The van der Waals surface area contributed by atoms with Gasteiger partial charge in [0, 0.05) is 33.0 Å². The molecular weight excluding hydrogens is 464 g/mol. The maximum Gasteiger partial charge on any atom is 0.188 e. The first-order valence-electron chi connectivity index (χ1n) is 12.5. The molecule has 2 aromatic carbocycles. The van der Waals surface area contributed by atoms with Gasteiger partial charge in [-0.05, 0) is 30.5 Å². The van der Waals surface area contributed by atoms with Crippen LogP contribution in [0.2, 0.25) is 0 Å². The van der Waals surface area contributed by atoms with Crippen LogP contribution in [0.3, 0.4) is 0 Å². The van der Waals surface area contributed by atoms with Crippen LogP contribution in [0.4, 0.5) is 0 Å². The lowest BCUT2D eigenvalue weighted by Crippen LogP contribution is -2.23. The van der Waals surface area contributed by atoms with Gasteiger partial charge in [0.25, 0.3) is 0 Å². The van der Waals surface area contributed by atoms with E-state index >= 15 is 0 Å². The second-order valence-electron chi connectivity index (χ2n) is 8.68. The van der Waals surface area contributed by atoms with E-state index in [2.05, 4.69) is 6.92 Å². The molecule has 198 valence electrons. The number of ether oxygens (including phenoxy) is 7. The first-order chi connectivity index (χ1) is 17.6. The SMILES string of the molecule is CCCCCCCc1c(OCOC)cc(OCOC)c2c1OC(c1ccc(OCOC)cc1)CC2=O. The Morgan fingerprint density at radius 3 is 2.14 bits per heavy atom. The summed E-state index contributed by atoms with van der Waals surface area (Å²) >= 11 is 0. The summed E-state index contributed by atoms with van der Waals surface area (Å²) in [5, 5.41) is 0. The van der Waals surface area contributed by atoms with E-state index in [1.807, 2.05) is 24.3 Å². The van der Waals surface area contributed by atoms with Crippen LogP contribution in [-0.4, -0.2) is 47.5 Å². The molecule has 1 aliphatic rings. The molecule has 0 spiro atoms. The summed E-state index contributed by atoms with van der Waals surface area (Å²) in [6.07, 6.45) is 6.09. The van der Waals surface area contributed by atoms with Gasteiger partial charge in [-0.2, -0.15) is 0 Å². The third kappa shape index (κ3) is 7.35. The van der Waals surface area contributed by atoms with Crippen molar-refractivity contribution < 1.29 is 38.0 Å². The van der Waals surface area contributed by atoms with Crippen molar-refractivity contribution >= 4 is 5.78 Å². The van der Waals surface area contributed by atoms with E-state index < -0.39 is 6.10 Å². The Labute approximate surface area is 213 Å². The minimum Gasteiger partial charge on any atom is -0.484 e. The number of benzene rings is 2. The van der Waals surface area contributed by atoms with Gasteiger partial charge >= 0.3 is 0 Å². The van der Waals surface area contributed by atoms with Crippen molar-refractivity contribution in [3.05, 3.63) is 47.0 Å². The minimum atomic E-state index is -0.437. The Morgan fingerprint density at radius 2 is 1.47 bits per heavy atom. The molecule has 0 saturated heterocycles. The zero-order valence-electron chi connectivity index (χ0n) is 21.8. The largest absolute Gasteiger partial charge is 0.484 e. The number of fused-ring (bicyclic) bond motifs is 1. The molecule has 36 heavy (non-hydrogen) atoms. The van der Waals surface area contributed by atoms with Crippen LogP contribution >= 0.6 is 0 Å². The summed E-state index contributed by atoms with van der Waals surface area (Å²) in [6, 6.07) is 9.26. The number of carbonyl (C=O) groups is 1. The monoisotopic (exact) mass is 502 g/mol. The zero-order chi connectivity index (χ0) is 25.8. The van der Waals surface area contributed by atoms with Crippen LogP contribution in [0.5, 0.6) is 23.0 Å². The van der Waals surface area contributed by atoms with Crippen LogP contribution in [0.1, 0.15) is 73.0 Å². The first-order valence-corrected chi connectivity index (χ1v) is 12.5. The van der Waals surface area contributed by atoms with E-state index in [0.717, 1.165) is 30.4 Å². The summed E-state index contributed by atoms with van der Waals surface area (Å²) in [5.74, 6) is 2.14. The average molecular weight is 503 g/mol. The molecule has 0 bridgehead atoms. The highest BCUT2D eigenvalue weighted by Gasteiger charge is 2.34. The fourth-order valence-corrected chi connectivity index (χ4v) is 4.22. The summed E-state index contributed by atoms with van der Waals surface area (Å²) < 4.78 is 38.9. The van der Waals surface area contributed by atoms with Gasteiger partial charge in [-0.1, -0.05) is 44.7 Å². The first kappa shape index (κ1) is 27.8. The number of hydrogen-bond acceptors (Lipinski definition) is 8. The Morgan fingerprint density at radius 1 is 0.833 bits per heavy atom.